The molecule has 2 aromatic heterocycles. The van der Waals surface area contributed by atoms with Crippen LogP contribution in [-0.4, -0.2) is 60.1 Å². The lowest BCUT2D eigenvalue weighted by molar-refractivity contribution is -0.141. The van der Waals surface area contributed by atoms with E-state index in [1.54, 1.807) is 30.3 Å². The number of thiazole rings is 1. The molecule has 0 amide bonds. The molecule has 2 aromatic rings. The van der Waals surface area contributed by atoms with Gasteiger partial charge in [0, 0.05) is 58.3 Å². The van der Waals surface area contributed by atoms with Crippen molar-refractivity contribution in [2.24, 2.45) is 0 Å². The fourth-order valence-electron chi connectivity index (χ4n) is 2.75. The van der Waals surface area contributed by atoms with Crippen molar-refractivity contribution in [3.63, 3.8) is 0 Å². The van der Waals surface area contributed by atoms with Gasteiger partial charge >= 0.3 is 6.18 Å². The molecule has 1 aliphatic rings. The fraction of sp³-hybridized carbons (Fsp3) is 0.562. The Kier molecular flexibility index (Phi) is 5.33. The molecule has 0 atom stereocenters. The van der Waals surface area contributed by atoms with Crippen LogP contribution in [0.1, 0.15) is 16.4 Å². The maximum atomic E-state index is 13.1. The van der Waals surface area contributed by atoms with E-state index in [0.717, 1.165) is 36.4 Å². The van der Waals surface area contributed by atoms with Crippen LogP contribution in [0.15, 0.2) is 11.4 Å². The minimum absolute atomic E-state index is 0.132. The summed E-state index contributed by atoms with van der Waals surface area (Å²) in [5, 5.41) is 3.08. The van der Waals surface area contributed by atoms with Crippen LogP contribution in [0.5, 0.6) is 0 Å². The molecule has 0 spiro atoms. The molecule has 3 heterocycles. The average molecular weight is 386 g/mol. The average Bonchev–Trinajstić information content (AvgIpc) is 2.99. The molecule has 0 aliphatic carbocycles. The lowest BCUT2D eigenvalue weighted by atomic mass is 10.3. The molecular formula is C16H21F3N6S. The van der Waals surface area contributed by atoms with E-state index in [4.69, 9.17) is 0 Å². The molecule has 3 rings (SSSR count). The summed E-state index contributed by atoms with van der Waals surface area (Å²) in [4.78, 5) is 18.1. The van der Waals surface area contributed by atoms with Crippen molar-refractivity contribution in [3.8, 4) is 0 Å². The van der Waals surface area contributed by atoms with Crippen molar-refractivity contribution in [2.45, 2.75) is 19.6 Å². The molecule has 142 valence electrons. The van der Waals surface area contributed by atoms with E-state index >= 15 is 0 Å². The summed E-state index contributed by atoms with van der Waals surface area (Å²) in [6.07, 6.45) is -4.49. The van der Waals surface area contributed by atoms with Crippen LogP contribution in [0, 0.1) is 6.92 Å². The van der Waals surface area contributed by atoms with Crippen molar-refractivity contribution in [2.75, 3.05) is 50.1 Å². The molecule has 0 aromatic carbocycles. The maximum Gasteiger partial charge on any atom is 0.433 e. The van der Waals surface area contributed by atoms with Crippen molar-refractivity contribution in [3.05, 3.63) is 27.8 Å². The van der Waals surface area contributed by atoms with E-state index in [-0.39, 0.29) is 11.8 Å². The van der Waals surface area contributed by atoms with Crippen LogP contribution in [0.3, 0.4) is 0 Å². The standard InChI is InChI=1S/C16H21F3N6S/c1-11-20-12(10-26-11)9-24-4-6-25(7-5-24)15-21-13(16(17,18)19)8-14(22-15)23(2)3/h8,10H,4-7,9H2,1-3H3. The Bertz CT molecular complexity index is 753. The minimum Gasteiger partial charge on any atom is -0.363 e. The van der Waals surface area contributed by atoms with Crippen LogP contribution in [0.25, 0.3) is 0 Å². The van der Waals surface area contributed by atoms with Crippen LogP contribution >= 0.6 is 11.3 Å². The van der Waals surface area contributed by atoms with Crippen LogP contribution < -0.4 is 9.80 Å². The van der Waals surface area contributed by atoms with Gasteiger partial charge in [-0.1, -0.05) is 0 Å². The highest BCUT2D eigenvalue weighted by molar-refractivity contribution is 7.09. The Morgan fingerprint density at radius 1 is 1.12 bits per heavy atom. The summed E-state index contributed by atoms with van der Waals surface area (Å²) >= 11 is 1.62. The van der Waals surface area contributed by atoms with Crippen LogP contribution in [0.4, 0.5) is 24.9 Å². The Morgan fingerprint density at radius 2 is 1.81 bits per heavy atom. The molecular weight excluding hydrogens is 365 g/mol. The van der Waals surface area contributed by atoms with Gasteiger partial charge in [0.05, 0.1) is 10.7 Å². The number of rotatable bonds is 4. The Balaban J connectivity index is 1.71. The molecule has 1 aliphatic heterocycles. The van der Waals surface area contributed by atoms with Gasteiger partial charge < -0.3 is 9.80 Å². The monoisotopic (exact) mass is 386 g/mol. The quantitative estimate of drug-likeness (QED) is 0.805. The maximum absolute atomic E-state index is 13.1. The second-order valence-corrected chi connectivity index (χ2v) is 7.49. The first kappa shape index (κ1) is 18.8. The first-order valence-electron chi connectivity index (χ1n) is 8.24. The molecule has 10 heteroatoms. The Morgan fingerprint density at radius 3 is 2.35 bits per heavy atom. The molecule has 1 saturated heterocycles. The highest BCUT2D eigenvalue weighted by Crippen LogP contribution is 2.31. The first-order valence-corrected chi connectivity index (χ1v) is 9.12. The van der Waals surface area contributed by atoms with Crippen molar-refractivity contribution >= 4 is 23.1 Å². The van der Waals surface area contributed by atoms with E-state index in [2.05, 4.69) is 19.9 Å². The molecule has 0 saturated carbocycles. The molecule has 0 unspecified atom stereocenters. The zero-order valence-corrected chi connectivity index (χ0v) is 15.7. The zero-order chi connectivity index (χ0) is 18.9. The second kappa shape index (κ2) is 7.36. The predicted molar refractivity (Wildman–Crippen MR) is 95.7 cm³/mol. The molecule has 26 heavy (non-hydrogen) atoms. The van der Waals surface area contributed by atoms with E-state index < -0.39 is 11.9 Å². The molecule has 0 N–H and O–H groups in total. The summed E-state index contributed by atoms with van der Waals surface area (Å²) in [5.74, 6) is 0.385. The number of nitrogens with zero attached hydrogens (tertiary/aromatic N) is 6. The van der Waals surface area contributed by atoms with E-state index in [1.807, 2.05) is 17.2 Å². The van der Waals surface area contributed by atoms with Crippen molar-refractivity contribution in [1.29, 1.82) is 0 Å². The smallest absolute Gasteiger partial charge is 0.363 e. The number of hydrogen-bond donors (Lipinski definition) is 0. The third-order valence-corrected chi connectivity index (χ3v) is 4.98. The predicted octanol–water partition coefficient (Wildman–Crippen LogP) is 2.65. The third-order valence-electron chi connectivity index (χ3n) is 4.16. The summed E-state index contributed by atoms with van der Waals surface area (Å²) < 4.78 is 39.4. The summed E-state index contributed by atoms with van der Waals surface area (Å²) in [6.45, 7) is 5.35. The number of anilines is 2. The van der Waals surface area contributed by atoms with Gasteiger partial charge in [0.25, 0.3) is 0 Å². The van der Waals surface area contributed by atoms with Crippen molar-refractivity contribution < 1.29 is 13.2 Å². The van der Waals surface area contributed by atoms with Gasteiger partial charge in [-0.3, -0.25) is 4.90 Å². The number of aromatic nitrogens is 3. The largest absolute Gasteiger partial charge is 0.433 e. The SMILES string of the molecule is Cc1nc(CN2CCN(c3nc(N(C)C)cc(C(F)(F)F)n3)CC2)cs1. The number of aryl methyl sites for hydroxylation is 1. The van der Waals surface area contributed by atoms with Gasteiger partial charge in [0.1, 0.15) is 5.82 Å². The molecule has 1 fully saturated rings. The summed E-state index contributed by atoms with van der Waals surface area (Å²) in [5.41, 5.74) is 0.123. The van der Waals surface area contributed by atoms with E-state index in [9.17, 15) is 13.2 Å². The highest BCUT2D eigenvalue weighted by atomic mass is 32.1. The minimum atomic E-state index is -4.49. The molecule has 0 radical (unpaired) electrons. The Labute approximate surface area is 154 Å². The van der Waals surface area contributed by atoms with Gasteiger partial charge in [0.2, 0.25) is 5.95 Å². The lowest BCUT2D eigenvalue weighted by Gasteiger charge is -2.34. The molecule has 0 bridgehead atoms. The Hall–Kier alpha value is -1.94. The number of alkyl halides is 3. The number of hydrogen-bond acceptors (Lipinski definition) is 7. The van der Waals surface area contributed by atoms with Gasteiger partial charge in [0.15, 0.2) is 5.69 Å². The number of piperazine rings is 1. The first-order chi connectivity index (χ1) is 12.2. The van der Waals surface area contributed by atoms with E-state index in [0.29, 0.717) is 13.1 Å². The van der Waals surface area contributed by atoms with Gasteiger partial charge in [-0.2, -0.15) is 18.2 Å². The van der Waals surface area contributed by atoms with Gasteiger partial charge in [-0.15, -0.1) is 11.3 Å². The van der Waals surface area contributed by atoms with Gasteiger partial charge in [-0.05, 0) is 6.92 Å². The van der Waals surface area contributed by atoms with E-state index in [1.165, 1.54) is 0 Å². The lowest BCUT2D eigenvalue weighted by Crippen LogP contribution is -2.46. The normalized spacial score (nSPS) is 16.2. The summed E-state index contributed by atoms with van der Waals surface area (Å²) in [6, 6.07) is 0.977. The summed E-state index contributed by atoms with van der Waals surface area (Å²) in [7, 11) is 3.33. The van der Waals surface area contributed by atoms with Crippen LogP contribution in [-0.2, 0) is 12.7 Å². The zero-order valence-electron chi connectivity index (χ0n) is 14.9. The molecule has 6 nitrogen and oxygen atoms in total. The van der Waals surface area contributed by atoms with Crippen molar-refractivity contribution in [1.82, 2.24) is 19.9 Å². The van der Waals surface area contributed by atoms with Gasteiger partial charge in [-0.25, -0.2) is 9.97 Å². The number of halogens is 3. The second-order valence-electron chi connectivity index (χ2n) is 6.42. The fourth-order valence-corrected chi connectivity index (χ4v) is 3.36. The topological polar surface area (TPSA) is 48.4 Å². The van der Waals surface area contributed by atoms with Crippen LogP contribution in [0.2, 0.25) is 0 Å². The highest BCUT2D eigenvalue weighted by Gasteiger charge is 2.34. The third kappa shape index (κ3) is 4.42.